The van der Waals surface area contributed by atoms with E-state index in [4.69, 9.17) is 4.74 Å². The van der Waals surface area contributed by atoms with Gasteiger partial charge in [-0.1, -0.05) is 12.1 Å². The van der Waals surface area contributed by atoms with E-state index in [0.29, 0.717) is 17.0 Å². The van der Waals surface area contributed by atoms with E-state index >= 15 is 0 Å². The van der Waals surface area contributed by atoms with E-state index in [1.807, 2.05) is 36.5 Å². The van der Waals surface area contributed by atoms with Crippen LogP contribution in [0.3, 0.4) is 0 Å². The van der Waals surface area contributed by atoms with Gasteiger partial charge in [0.05, 0.1) is 24.9 Å². The van der Waals surface area contributed by atoms with Crippen LogP contribution >= 0.6 is 0 Å². The number of hydrogen-bond donors (Lipinski definition) is 2. The van der Waals surface area contributed by atoms with Crippen LogP contribution in [0.1, 0.15) is 15.9 Å². The lowest BCUT2D eigenvalue weighted by atomic mass is 10.1. The number of anilines is 1. The molecule has 27 heavy (non-hydrogen) atoms. The maximum absolute atomic E-state index is 12.4. The number of nitrogens with zero attached hydrogens (tertiary/aromatic N) is 2. The third kappa shape index (κ3) is 4.33. The fraction of sp³-hybridized carbons (Fsp3) is 0.150. The van der Waals surface area contributed by atoms with Gasteiger partial charge < -0.3 is 15.4 Å². The predicted molar refractivity (Wildman–Crippen MR) is 102 cm³/mol. The highest BCUT2D eigenvalue weighted by atomic mass is 16.5. The van der Waals surface area contributed by atoms with Gasteiger partial charge in [-0.2, -0.15) is 5.10 Å². The van der Waals surface area contributed by atoms with Crippen molar-refractivity contribution >= 4 is 17.5 Å². The average Bonchev–Trinajstić information content (AvgIpc) is 3.22. The summed E-state index contributed by atoms with van der Waals surface area (Å²) >= 11 is 0. The van der Waals surface area contributed by atoms with E-state index in [2.05, 4.69) is 15.7 Å². The Balaban J connectivity index is 1.71. The summed E-state index contributed by atoms with van der Waals surface area (Å²) in [5.41, 5.74) is 2.68. The molecule has 3 rings (SSSR count). The number of hydrogen-bond acceptors (Lipinski definition) is 4. The van der Waals surface area contributed by atoms with E-state index in [1.165, 1.54) is 7.11 Å². The summed E-state index contributed by atoms with van der Waals surface area (Å²) in [6.45, 7) is 0. The Morgan fingerprint density at radius 3 is 2.56 bits per heavy atom. The predicted octanol–water partition coefficient (Wildman–Crippen LogP) is 2.42. The van der Waals surface area contributed by atoms with E-state index in [9.17, 15) is 9.59 Å². The molecule has 7 nitrogen and oxygen atoms in total. The number of nitrogens with one attached hydrogen (secondary N) is 2. The van der Waals surface area contributed by atoms with Crippen molar-refractivity contribution in [2.75, 3.05) is 19.5 Å². The molecule has 7 heteroatoms. The fourth-order valence-corrected chi connectivity index (χ4v) is 2.66. The fourth-order valence-electron chi connectivity index (χ4n) is 2.66. The maximum atomic E-state index is 12.4. The highest BCUT2D eigenvalue weighted by Gasteiger charge is 2.12. The second kappa shape index (κ2) is 8.18. The molecule has 0 aliphatic heterocycles. The van der Waals surface area contributed by atoms with Gasteiger partial charge in [-0.15, -0.1) is 0 Å². The first-order valence-electron chi connectivity index (χ1n) is 8.39. The number of methoxy groups -OCH3 is 1. The molecule has 0 fully saturated rings. The summed E-state index contributed by atoms with van der Waals surface area (Å²) in [7, 11) is 3.07. The van der Waals surface area contributed by atoms with Crippen LogP contribution in [0.5, 0.6) is 5.75 Å². The van der Waals surface area contributed by atoms with E-state index in [-0.39, 0.29) is 18.2 Å². The number of ether oxygens (including phenoxy) is 1. The summed E-state index contributed by atoms with van der Waals surface area (Å²) in [5, 5.41) is 9.54. The number of aromatic nitrogens is 2. The second-order valence-corrected chi connectivity index (χ2v) is 5.84. The molecule has 0 aliphatic rings. The lowest BCUT2D eigenvalue weighted by molar-refractivity contribution is -0.115. The van der Waals surface area contributed by atoms with Crippen molar-refractivity contribution in [3.8, 4) is 11.4 Å². The second-order valence-electron chi connectivity index (χ2n) is 5.84. The molecule has 0 aliphatic carbocycles. The van der Waals surface area contributed by atoms with Crippen LogP contribution in [-0.2, 0) is 11.2 Å². The molecular weight excluding hydrogens is 344 g/mol. The SMILES string of the molecule is CNC(=O)c1ccc(OC)c(NC(=O)Cc2ccc(-n3cccn3)cc2)c1. The molecule has 0 unspecified atom stereocenters. The number of carbonyl (C=O) groups excluding carboxylic acids is 2. The Labute approximate surface area is 157 Å². The van der Waals surface area contributed by atoms with Crippen LogP contribution in [0.2, 0.25) is 0 Å². The first-order chi connectivity index (χ1) is 13.1. The van der Waals surface area contributed by atoms with Crippen molar-refractivity contribution in [3.63, 3.8) is 0 Å². The summed E-state index contributed by atoms with van der Waals surface area (Å²) in [5.74, 6) is 0.0570. The Hall–Kier alpha value is -3.61. The van der Waals surface area contributed by atoms with Crippen molar-refractivity contribution in [1.82, 2.24) is 15.1 Å². The molecule has 3 aromatic rings. The average molecular weight is 364 g/mol. The Kier molecular flexibility index (Phi) is 5.51. The van der Waals surface area contributed by atoms with E-state index < -0.39 is 0 Å². The quantitative estimate of drug-likeness (QED) is 0.703. The van der Waals surface area contributed by atoms with Crippen molar-refractivity contribution in [2.24, 2.45) is 0 Å². The molecule has 0 atom stereocenters. The van der Waals surface area contributed by atoms with E-state index in [1.54, 1.807) is 36.1 Å². The highest BCUT2D eigenvalue weighted by Crippen LogP contribution is 2.25. The largest absolute Gasteiger partial charge is 0.495 e. The van der Waals surface area contributed by atoms with Gasteiger partial charge in [0.15, 0.2) is 0 Å². The molecule has 0 bridgehead atoms. The summed E-state index contributed by atoms with van der Waals surface area (Å²) in [6.07, 6.45) is 3.77. The zero-order valence-electron chi connectivity index (χ0n) is 15.1. The van der Waals surface area contributed by atoms with Gasteiger partial charge in [-0.25, -0.2) is 4.68 Å². The van der Waals surface area contributed by atoms with Gasteiger partial charge >= 0.3 is 0 Å². The Morgan fingerprint density at radius 2 is 1.93 bits per heavy atom. The van der Waals surface area contributed by atoms with E-state index in [0.717, 1.165) is 11.3 Å². The highest BCUT2D eigenvalue weighted by molar-refractivity contribution is 5.98. The first-order valence-corrected chi connectivity index (χ1v) is 8.39. The van der Waals surface area contributed by atoms with Gasteiger partial charge in [0, 0.05) is 25.0 Å². The topological polar surface area (TPSA) is 85.3 Å². The summed E-state index contributed by atoms with van der Waals surface area (Å²) in [4.78, 5) is 24.2. The van der Waals surface area contributed by atoms with Gasteiger partial charge in [0.25, 0.3) is 5.91 Å². The van der Waals surface area contributed by atoms with Crippen LogP contribution in [0.15, 0.2) is 60.9 Å². The van der Waals surface area contributed by atoms with Crippen LogP contribution in [-0.4, -0.2) is 35.8 Å². The minimum atomic E-state index is -0.234. The lowest BCUT2D eigenvalue weighted by Gasteiger charge is -2.12. The molecule has 0 saturated carbocycles. The monoisotopic (exact) mass is 364 g/mol. The minimum Gasteiger partial charge on any atom is -0.495 e. The number of carbonyl (C=O) groups is 2. The smallest absolute Gasteiger partial charge is 0.251 e. The molecule has 2 aromatic carbocycles. The number of benzene rings is 2. The first kappa shape index (κ1) is 18.2. The van der Waals surface area contributed by atoms with Gasteiger partial charge in [0.1, 0.15) is 5.75 Å². The van der Waals surface area contributed by atoms with Crippen LogP contribution in [0.4, 0.5) is 5.69 Å². The van der Waals surface area contributed by atoms with Crippen LogP contribution in [0, 0.1) is 0 Å². The zero-order chi connectivity index (χ0) is 19.2. The molecule has 2 amide bonds. The van der Waals surface area contributed by atoms with Crippen LogP contribution in [0.25, 0.3) is 5.69 Å². The third-order valence-electron chi connectivity index (χ3n) is 4.03. The van der Waals surface area contributed by atoms with Crippen molar-refractivity contribution in [1.29, 1.82) is 0 Å². The molecule has 0 radical (unpaired) electrons. The van der Waals surface area contributed by atoms with Crippen molar-refractivity contribution in [3.05, 3.63) is 72.1 Å². The normalized spacial score (nSPS) is 10.3. The summed E-state index contributed by atoms with van der Waals surface area (Å²) in [6, 6.07) is 14.3. The molecule has 0 saturated heterocycles. The van der Waals surface area contributed by atoms with Gasteiger partial charge in [0.2, 0.25) is 5.91 Å². The number of amides is 2. The van der Waals surface area contributed by atoms with Gasteiger partial charge in [-0.3, -0.25) is 9.59 Å². The van der Waals surface area contributed by atoms with Crippen molar-refractivity contribution in [2.45, 2.75) is 6.42 Å². The molecule has 0 spiro atoms. The standard InChI is InChI=1S/C20H20N4O3/c1-21-20(26)15-6-9-18(27-2)17(13-15)23-19(25)12-14-4-7-16(8-5-14)24-11-3-10-22-24/h3-11,13H,12H2,1-2H3,(H,21,26)(H,23,25). The minimum absolute atomic E-state index is 0.200. The lowest BCUT2D eigenvalue weighted by Crippen LogP contribution is -2.19. The molecular formula is C20H20N4O3. The molecule has 1 heterocycles. The molecule has 2 N–H and O–H groups in total. The zero-order valence-corrected chi connectivity index (χ0v) is 15.1. The molecule has 1 aromatic heterocycles. The Morgan fingerprint density at radius 1 is 1.15 bits per heavy atom. The summed E-state index contributed by atoms with van der Waals surface area (Å²) < 4.78 is 7.01. The third-order valence-corrected chi connectivity index (χ3v) is 4.03. The van der Waals surface area contributed by atoms with Gasteiger partial charge in [-0.05, 0) is 42.0 Å². The maximum Gasteiger partial charge on any atom is 0.251 e. The van der Waals surface area contributed by atoms with Crippen LogP contribution < -0.4 is 15.4 Å². The van der Waals surface area contributed by atoms with Crippen molar-refractivity contribution < 1.29 is 14.3 Å². The Bertz CT molecular complexity index is 934. The number of rotatable bonds is 6. The molecule has 138 valence electrons.